The second-order valence-corrected chi connectivity index (χ2v) is 8.94. The van der Waals surface area contributed by atoms with Gasteiger partial charge >= 0.3 is 0 Å². The van der Waals surface area contributed by atoms with Crippen molar-refractivity contribution >= 4 is 17.5 Å². The summed E-state index contributed by atoms with van der Waals surface area (Å²) >= 11 is 0. The lowest BCUT2D eigenvalue weighted by molar-refractivity contribution is -0.130. The molecule has 1 N–H and O–H groups in total. The molecule has 0 aromatic heterocycles. The molecule has 2 atom stereocenters. The molecule has 8 heteroatoms. The molecular formula is C25H28FN3O4. The number of hydrogen-bond acceptors (Lipinski definition) is 5. The van der Waals surface area contributed by atoms with Gasteiger partial charge in [0.1, 0.15) is 11.9 Å². The van der Waals surface area contributed by atoms with Crippen molar-refractivity contribution in [1.82, 2.24) is 10.2 Å². The van der Waals surface area contributed by atoms with Gasteiger partial charge in [0.15, 0.2) is 0 Å². The number of nitrogens with zero attached hydrogens (tertiary/aromatic N) is 2. The van der Waals surface area contributed by atoms with Gasteiger partial charge in [0, 0.05) is 49.4 Å². The molecule has 2 aromatic rings. The zero-order valence-corrected chi connectivity index (χ0v) is 18.5. The first-order valence-corrected chi connectivity index (χ1v) is 11.4. The van der Waals surface area contributed by atoms with E-state index in [0.29, 0.717) is 31.7 Å². The molecule has 0 saturated carbocycles. The van der Waals surface area contributed by atoms with Crippen LogP contribution in [0.3, 0.4) is 0 Å². The first-order valence-electron chi connectivity index (χ1n) is 11.4. The third kappa shape index (κ3) is 4.38. The van der Waals surface area contributed by atoms with Gasteiger partial charge in [0.25, 0.3) is 5.91 Å². The smallest absolute Gasteiger partial charge is 0.258 e. The maximum Gasteiger partial charge on any atom is 0.258 e. The third-order valence-electron chi connectivity index (χ3n) is 6.82. The normalized spacial score (nSPS) is 24.8. The number of ether oxygens (including phenoxy) is 2. The SMILES string of the molecule is O=C(NCCN1CCOCC1)[C@@H]1C[C@]2(CO1)CN(C(=O)c1ccc(F)cc1)c1ccccc12. The van der Waals surface area contributed by atoms with Crippen LogP contribution in [0.5, 0.6) is 0 Å². The Balaban J connectivity index is 1.26. The summed E-state index contributed by atoms with van der Waals surface area (Å²) in [6, 6.07) is 13.4. The minimum Gasteiger partial charge on any atom is -0.379 e. The number of carbonyl (C=O) groups is 2. The summed E-state index contributed by atoms with van der Waals surface area (Å²) in [6.07, 6.45) is -0.0377. The van der Waals surface area contributed by atoms with Gasteiger partial charge in [-0.3, -0.25) is 14.5 Å². The number of fused-ring (bicyclic) bond motifs is 2. The Bertz CT molecular complexity index is 1020. The zero-order valence-electron chi connectivity index (χ0n) is 18.5. The van der Waals surface area contributed by atoms with Gasteiger partial charge < -0.3 is 19.7 Å². The quantitative estimate of drug-likeness (QED) is 0.750. The van der Waals surface area contributed by atoms with E-state index >= 15 is 0 Å². The van der Waals surface area contributed by atoms with E-state index in [4.69, 9.17) is 9.47 Å². The van der Waals surface area contributed by atoms with Crippen molar-refractivity contribution in [3.05, 3.63) is 65.5 Å². The number of carbonyl (C=O) groups excluding carboxylic acids is 2. The maximum absolute atomic E-state index is 13.3. The van der Waals surface area contributed by atoms with Crippen molar-refractivity contribution in [3.63, 3.8) is 0 Å². The van der Waals surface area contributed by atoms with Gasteiger partial charge in [-0.25, -0.2) is 4.39 Å². The molecule has 33 heavy (non-hydrogen) atoms. The van der Waals surface area contributed by atoms with E-state index in [2.05, 4.69) is 10.2 Å². The minimum atomic E-state index is -0.552. The molecule has 3 heterocycles. The summed E-state index contributed by atoms with van der Waals surface area (Å²) < 4.78 is 24.7. The molecule has 174 valence electrons. The average molecular weight is 454 g/mol. The largest absolute Gasteiger partial charge is 0.379 e. The van der Waals surface area contributed by atoms with Crippen LogP contribution in [0.2, 0.25) is 0 Å². The topological polar surface area (TPSA) is 71.1 Å². The fourth-order valence-corrected chi connectivity index (χ4v) is 5.03. The van der Waals surface area contributed by atoms with Crippen LogP contribution in [-0.2, 0) is 19.7 Å². The van der Waals surface area contributed by atoms with Crippen LogP contribution >= 0.6 is 0 Å². The Labute approximate surface area is 192 Å². The van der Waals surface area contributed by atoms with Crippen molar-refractivity contribution in [1.29, 1.82) is 0 Å². The van der Waals surface area contributed by atoms with Crippen LogP contribution < -0.4 is 10.2 Å². The summed E-state index contributed by atoms with van der Waals surface area (Å²) in [5, 5.41) is 3.00. The number of para-hydroxylation sites is 1. The Morgan fingerprint density at radius 2 is 1.85 bits per heavy atom. The third-order valence-corrected chi connectivity index (χ3v) is 6.82. The van der Waals surface area contributed by atoms with E-state index in [1.807, 2.05) is 24.3 Å². The highest BCUT2D eigenvalue weighted by Crippen LogP contribution is 2.47. The van der Waals surface area contributed by atoms with Gasteiger partial charge in [-0.1, -0.05) is 18.2 Å². The predicted octanol–water partition coefficient (Wildman–Crippen LogP) is 1.96. The molecule has 1 spiro atoms. The number of morpholine rings is 1. The summed E-state index contributed by atoms with van der Waals surface area (Å²) in [7, 11) is 0. The lowest BCUT2D eigenvalue weighted by Crippen LogP contribution is -2.43. The van der Waals surface area contributed by atoms with Crippen molar-refractivity contribution in [2.24, 2.45) is 0 Å². The molecule has 5 rings (SSSR count). The van der Waals surface area contributed by atoms with Crippen molar-refractivity contribution in [2.75, 3.05) is 57.4 Å². The highest BCUT2D eigenvalue weighted by molar-refractivity contribution is 6.07. The Hall–Kier alpha value is -2.81. The van der Waals surface area contributed by atoms with Crippen LogP contribution in [0.1, 0.15) is 22.3 Å². The molecule has 2 fully saturated rings. The Morgan fingerprint density at radius 1 is 1.09 bits per heavy atom. The number of rotatable bonds is 5. The molecule has 2 saturated heterocycles. The molecular weight excluding hydrogens is 425 g/mol. The number of amides is 2. The van der Waals surface area contributed by atoms with Gasteiger partial charge in [-0.05, 0) is 42.3 Å². The van der Waals surface area contributed by atoms with Crippen molar-refractivity contribution < 1.29 is 23.5 Å². The molecule has 0 radical (unpaired) electrons. The van der Waals surface area contributed by atoms with E-state index in [-0.39, 0.29) is 17.6 Å². The first-order chi connectivity index (χ1) is 16.1. The van der Waals surface area contributed by atoms with E-state index in [0.717, 1.165) is 44.1 Å². The van der Waals surface area contributed by atoms with Gasteiger partial charge in [-0.15, -0.1) is 0 Å². The Morgan fingerprint density at radius 3 is 2.64 bits per heavy atom. The number of anilines is 1. The highest BCUT2D eigenvalue weighted by atomic mass is 19.1. The van der Waals surface area contributed by atoms with Crippen LogP contribution in [0.15, 0.2) is 48.5 Å². The van der Waals surface area contributed by atoms with Crippen molar-refractivity contribution in [2.45, 2.75) is 17.9 Å². The number of benzene rings is 2. The summed E-state index contributed by atoms with van der Waals surface area (Å²) in [5.41, 5.74) is 1.84. The first kappa shape index (κ1) is 22.0. The van der Waals surface area contributed by atoms with Crippen LogP contribution in [0.4, 0.5) is 10.1 Å². The van der Waals surface area contributed by atoms with Crippen LogP contribution in [-0.4, -0.2) is 75.4 Å². The summed E-state index contributed by atoms with van der Waals surface area (Å²) in [5.74, 6) is -0.671. The fraction of sp³-hybridized carbons (Fsp3) is 0.440. The van der Waals surface area contributed by atoms with E-state index < -0.39 is 11.5 Å². The number of nitrogens with one attached hydrogen (secondary N) is 1. The monoisotopic (exact) mass is 453 g/mol. The van der Waals surface area contributed by atoms with E-state index in [1.54, 1.807) is 4.90 Å². The molecule has 2 amide bonds. The van der Waals surface area contributed by atoms with Gasteiger partial charge in [0.2, 0.25) is 5.91 Å². The van der Waals surface area contributed by atoms with E-state index in [9.17, 15) is 14.0 Å². The predicted molar refractivity (Wildman–Crippen MR) is 121 cm³/mol. The fourth-order valence-electron chi connectivity index (χ4n) is 5.03. The van der Waals surface area contributed by atoms with Crippen LogP contribution in [0, 0.1) is 5.82 Å². The molecule has 2 aromatic carbocycles. The minimum absolute atomic E-state index is 0.110. The molecule has 0 unspecified atom stereocenters. The second-order valence-electron chi connectivity index (χ2n) is 8.94. The van der Waals surface area contributed by atoms with Gasteiger partial charge in [0.05, 0.1) is 19.8 Å². The van der Waals surface area contributed by atoms with Gasteiger partial charge in [-0.2, -0.15) is 0 Å². The lowest BCUT2D eigenvalue weighted by Gasteiger charge is -2.26. The average Bonchev–Trinajstić information content (AvgIpc) is 3.42. The maximum atomic E-state index is 13.3. The standard InChI is InChI=1S/C25H28FN3O4/c26-19-7-5-18(6-8-19)24(31)29-16-25(20-3-1-2-4-21(20)29)15-22(33-17-25)23(30)27-9-10-28-11-13-32-14-12-28/h1-8,22H,9-17H2,(H,27,30)/t22-,25+/m0/s1. The molecule has 3 aliphatic rings. The number of hydrogen-bond donors (Lipinski definition) is 1. The molecule has 0 aliphatic carbocycles. The summed E-state index contributed by atoms with van der Waals surface area (Å²) in [4.78, 5) is 30.0. The Kier molecular flexibility index (Phi) is 6.14. The molecule has 0 bridgehead atoms. The second kappa shape index (κ2) is 9.21. The molecule has 7 nitrogen and oxygen atoms in total. The lowest BCUT2D eigenvalue weighted by atomic mass is 9.80. The zero-order chi connectivity index (χ0) is 22.8. The van der Waals surface area contributed by atoms with Crippen molar-refractivity contribution in [3.8, 4) is 0 Å². The van der Waals surface area contributed by atoms with E-state index in [1.165, 1.54) is 24.3 Å². The molecule has 3 aliphatic heterocycles. The highest BCUT2D eigenvalue weighted by Gasteiger charge is 2.51. The van der Waals surface area contributed by atoms with Crippen LogP contribution in [0.25, 0.3) is 0 Å². The summed E-state index contributed by atoms with van der Waals surface area (Å²) in [6.45, 7) is 5.39. The number of halogens is 1.